The molecule has 0 spiro atoms. The molecule has 2 aliphatic rings. The number of hydrogen-bond acceptors (Lipinski definition) is 4. The normalized spacial score (nSPS) is 28.4. The second-order valence-corrected chi connectivity index (χ2v) is 8.89. The Morgan fingerprint density at radius 2 is 2.07 bits per heavy atom. The molecule has 1 saturated carbocycles. The van der Waals surface area contributed by atoms with Crippen molar-refractivity contribution in [1.82, 2.24) is 10.2 Å². The van der Waals surface area contributed by atoms with Crippen LogP contribution < -0.4 is 5.32 Å². The fourth-order valence-electron chi connectivity index (χ4n) is 5.33. The van der Waals surface area contributed by atoms with Crippen molar-refractivity contribution in [3.63, 3.8) is 0 Å². The fourth-order valence-corrected chi connectivity index (χ4v) is 5.33. The van der Waals surface area contributed by atoms with E-state index in [1.807, 2.05) is 18.2 Å². The number of piperazine rings is 1. The molecule has 0 radical (unpaired) electrons. The van der Waals surface area contributed by atoms with Crippen molar-refractivity contribution in [2.45, 2.75) is 50.7 Å². The molecule has 3 atom stereocenters. The molecule has 30 heavy (non-hydrogen) atoms. The van der Waals surface area contributed by atoms with E-state index in [1.165, 1.54) is 11.6 Å². The lowest BCUT2D eigenvalue weighted by molar-refractivity contribution is -0.0542. The second kappa shape index (κ2) is 9.46. The molecule has 0 amide bonds. The fraction of sp³-hybridized carbons (Fsp3) is 0.520. The van der Waals surface area contributed by atoms with Gasteiger partial charge in [-0.1, -0.05) is 23.8 Å². The van der Waals surface area contributed by atoms with Gasteiger partial charge in [0.2, 0.25) is 0 Å². The molecule has 5 heteroatoms. The van der Waals surface area contributed by atoms with E-state index in [0.29, 0.717) is 18.4 Å². The van der Waals surface area contributed by atoms with Crippen LogP contribution in [0.1, 0.15) is 43.9 Å². The maximum absolute atomic E-state index is 14.5. The van der Waals surface area contributed by atoms with Crippen LogP contribution in [0, 0.1) is 11.7 Å². The van der Waals surface area contributed by atoms with Gasteiger partial charge in [0.15, 0.2) is 0 Å². The van der Waals surface area contributed by atoms with Gasteiger partial charge in [-0.3, -0.25) is 4.90 Å². The SMILES string of the molecule is CC(C1CCCC(=Cc2ccco2)CC1(O)Cc1ccccc1F)N1CCNCC1. The smallest absolute Gasteiger partial charge is 0.126 e. The summed E-state index contributed by atoms with van der Waals surface area (Å²) in [6.45, 7) is 6.17. The third-order valence-electron chi connectivity index (χ3n) is 6.89. The van der Waals surface area contributed by atoms with Crippen LogP contribution >= 0.6 is 0 Å². The predicted molar refractivity (Wildman–Crippen MR) is 118 cm³/mol. The number of halogens is 1. The van der Waals surface area contributed by atoms with E-state index in [1.54, 1.807) is 18.4 Å². The van der Waals surface area contributed by atoms with E-state index in [9.17, 15) is 9.50 Å². The number of nitrogens with zero attached hydrogens (tertiary/aromatic N) is 1. The van der Waals surface area contributed by atoms with Crippen LogP contribution in [0.15, 0.2) is 52.7 Å². The minimum absolute atomic E-state index is 0.0812. The first-order valence-electron chi connectivity index (χ1n) is 11.2. The number of rotatable bonds is 5. The Morgan fingerprint density at radius 3 is 2.80 bits per heavy atom. The summed E-state index contributed by atoms with van der Waals surface area (Å²) in [4.78, 5) is 2.48. The van der Waals surface area contributed by atoms with Crippen LogP contribution in [-0.2, 0) is 6.42 Å². The summed E-state index contributed by atoms with van der Waals surface area (Å²) < 4.78 is 20.1. The Labute approximate surface area is 178 Å². The second-order valence-electron chi connectivity index (χ2n) is 8.89. The van der Waals surface area contributed by atoms with Gasteiger partial charge in [-0.25, -0.2) is 4.39 Å². The average Bonchev–Trinajstić information content (AvgIpc) is 3.20. The highest BCUT2D eigenvalue weighted by atomic mass is 19.1. The van der Waals surface area contributed by atoms with E-state index >= 15 is 0 Å². The Bertz CT molecular complexity index is 845. The molecule has 162 valence electrons. The van der Waals surface area contributed by atoms with Gasteiger partial charge in [-0.05, 0) is 62.4 Å². The van der Waals surface area contributed by atoms with Crippen LogP contribution in [0.3, 0.4) is 0 Å². The molecule has 0 bridgehead atoms. The van der Waals surface area contributed by atoms with E-state index in [0.717, 1.165) is 51.2 Å². The van der Waals surface area contributed by atoms with Crippen molar-refractivity contribution in [2.24, 2.45) is 5.92 Å². The summed E-state index contributed by atoms with van der Waals surface area (Å²) in [5, 5.41) is 15.5. The molecular formula is C25H33FN2O2. The monoisotopic (exact) mass is 412 g/mol. The average molecular weight is 413 g/mol. The molecule has 4 nitrogen and oxygen atoms in total. The summed E-state index contributed by atoms with van der Waals surface area (Å²) in [6.07, 6.45) is 7.50. The van der Waals surface area contributed by atoms with Gasteiger partial charge in [0.05, 0.1) is 11.9 Å². The molecule has 2 N–H and O–H groups in total. The van der Waals surface area contributed by atoms with Crippen LogP contribution in [0.2, 0.25) is 0 Å². The van der Waals surface area contributed by atoms with Crippen molar-refractivity contribution in [1.29, 1.82) is 0 Å². The van der Waals surface area contributed by atoms with E-state index < -0.39 is 5.60 Å². The lowest BCUT2D eigenvalue weighted by atomic mass is 9.74. The summed E-state index contributed by atoms with van der Waals surface area (Å²) >= 11 is 0. The van der Waals surface area contributed by atoms with Crippen LogP contribution in [0.25, 0.3) is 6.08 Å². The van der Waals surface area contributed by atoms with Crippen molar-refractivity contribution >= 4 is 6.08 Å². The maximum atomic E-state index is 14.5. The third-order valence-corrected chi connectivity index (χ3v) is 6.89. The number of nitrogens with one attached hydrogen (secondary N) is 1. The summed E-state index contributed by atoms with van der Waals surface area (Å²) in [5.74, 6) is 0.657. The van der Waals surface area contributed by atoms with Crippen LogP contribution in [0.5, 0.6) is 0 Å². The Morgan fingerprint density at radius 1 is 1.27 bits per heavy atom. The Hall–Kier alpha value is -1.95. The van der Waals surface area contributed by atoms with Crippen molar-refractivity contribution in [2.75, 3.05) is 26.2 Å². The molecule has 1 aromatic carbocycles. The predicted octanol–water partition coefficient (Wildman–Crippen LogP) is 4.26. The minimum Gasteiger partial charge on any atom is -0.465 e. The molecule has 2 aromatic rings. The number of benzene rings is 1. The summed E-state index contributed by atoms with van der Waals surface area (Å²) in [6, 6.07) is 10.9. The lowest BCUT2D eigenvalue weighted by Gasteiger charge is -2.44. The van der Waals surface area contributed by atoms with Crippen molar-refractivity contribution in [3.05, 3.63) is 65.4 Å². The molecule has 3 unspecified atom stereocenters. The lowest BCUT2D eigenvalue weighted by Crippen LogP contribution is -2.55. The van der Waals surface area contributed by atoms with Crippen LogP contribution in [0.4, 0.5) is 4.39 Å². The zero-order valence-electron chi connectivity index (χ0n) is 17.8. The first-order valence-corrected chi connectivity index (χ1v) is 11.2. The van der Waals surface area contributed by atoms with Gasteiger partial charge in [-0.15, -0.1) is 0 Å². The van der Waals surface area contributed by atoms with Gasteiger partial charge >= 0.3 is 0 Å². The molecule has 1 aromatic heterocycles. The summed E-state index contributed by atoms with van der Waals surface area (Å²) in [7, 11) is 0. The molecular weight excluding hydrogens is 379 g/mol. The summed E-state index contributed by atoms with van der Waals surface area (Å²) in [5.41, 5.74) is 0.775. The quantitative estimate of drug-likeness (QED) is 0.721. The number of hydrogen-bond donors (Lipinski definition) is 2. The molecule has 1 aliphatic heterocycles. The third kappa shape index (κ3) is 4.85. The first kappa shape index (κ1) is 21.3. The largest absolute Gasteiger partial charge is 0.465 e. The first-order chi connectivity index (χ1) is 14.5. The standard InChI is InChI=1S/C25H33FN2O2/c1-19(28-13-11-27-12-14-28)23-9-4-6-20(16-22-8-5-15-30-22)17-25(23,29)18-21-7-2-3-10-24(21)26/h2-3,5,7-8,10,15-16,19,23,27,29H,4,6,9,11-14,17-18H2,1H3. The van der Waals surface area contributed by atoms with Crippen LogP contribution in [-0.4, -0.2) is 47.8 Å². The highest BCUT2D eigenvalue weighted by molar-refractivity contribution is 5.48. The van der Waals surface area contributed by atoms with Gasteiger partial charge < -0.3 is 14.8 Å². The van der Waals surface area contributed by atoms with Gasteiger partial charge in [0, 0.05) is 44.6 Å². The zero-order chi connectivity index (χ0) is 21.0. The van der Waals surface area contributed by atoms with Gasteiger partial charge in [0.1, 0.15) is 11.6 Å². The molecule has 2 fully saturated rings. The highest BCUT2D eigenvalue weighted by Gasteiger charge is 2.43. The van der Waals surface area contributed by atoms with Crippen molar-refractivity contribution in [3.8, 4) is 0 Å². The van der Waals surface area contributed by atoms with E-state index in [-0.39, 0.29) is 17.8 Å². The molecule has 1 aliphatic carbocycles. The Balaban J connectivity index is 1.65. The maximum Gasteiger partial charge on any atom is 0.126 e. The topological polar surface area (TPSA) is 48.6 Å². The van der Waals surface area contributed by atoms with E-state index in [2.05, 4.69) is 23.2 Å². The number of aliphatic hydroxyl groups is 1. The highest BCUT2D eigenvalue weighted by Crippen LogP contribution is 2.41. The molecule has 4 rings (SSSR count). The zero-order valence-corrected chi connectivity index (χ0v) is 17.8. The number of furan rings is 1. The van der Waals surface area contributed by atoms with Gasteiger partial charge in [-0.2, -0.15) is 0 Å². The molecule has 1 saturated heterocycles. The Kier molecular flexibility index (Phi) is 6.71. The van der Waals surface area contributed by atoms with Gasteiger partial charge in [0.25, 0.3) is 0 Å². The van der Waals surface area contributed by atoms with E-state index in [4.69, 9.17) is 4.42 Å². The molecule has 2 heterocycles. The van der Waals surface area contributed by atoms with Crippen molar-refractivity contribution < 1.29 is 13.9 Å². The minimum atomic E-state index is -0.999.